The number of carbonyl (C=O) groups excluding carboxylic acids is 2. The Morgan fingerprint density at radius 3 is 2.48 bits per heavy atom. The van der Waals surface area contributed by atoms with Gasteiger partial charge in [0, 0.05) is 17.6 Å². The molecule has 1 aliphatic carbocycles. The number of fused-ring (bicyclic) bond motifs is 1. The van der Waals surface area contributed by atoms with Crippen molar-refractivity contribution in [3.63, 3.8) is 0 Å². The van der Waals surface area contributed by atoms with Crippen molar-refractivity contribution in [2.45, 2.75) is 103 Å². The molecule has 2 aromatic rings. The fourth-order valence-corrected chi connectivity index (χ4v) is 5.46. The van der Waals surface area contributed by atoms with Crippen molar-refractivity contribution in [1.29, 1.82) is 0 Å². The monoisotopic (exact) mass is 450 g/mol. The van der Waals surface area contributed by atoms with Crippen LogP contribution in [0.2, 0.25) is 0 Å². The normalized spacial score (nSPS) is 21.8. The molecule has 1 N–H and O–H groups in total. The molecule has 0 radical (unpaired) electrons. The Bertz CT molecular complexity index is 990. The van der Waals surface area contributed by atoms with Crippen LogP contribution in [0.25, 0.3) is 11.3 Å². The van der Waals surface area contributed by atoms with Crippen molar-refractivity contribution in [3.8, 4) is 11.3 Å². The van der Waals surface area contributed by atoms with Gasteiger partial charge < -0.3 is 10.2 Å². The number of aryl methyl sites for hydroxylation is 1. The maximum absolute atomic E-state index is 13.8. The van der Waals surface area contributed by atoms with E-state index in [1.807, 2.05) is 17.9 Å². The van der Waals surface area contributed by atoms with Crippen LogP contribution >= 0.6 is 0 Å². The van der Waals surface area contributed by atoms with Gasteiger partial charge in [-0.15, -0.1) is 0 Å². The predicted octanol–water partition coefficient (Wildman–Crippen LogP) is 4.96. The highest BCUT2D eigenvalue weighted by Crippen LogP contribution is 2.36. The average molecular weight is 451 g/mol. The predicted molar refractivity (Wildman–Crippen MR) is 131 cm³/mol. The Morgan fingerprint density at radius 2 is 1.88 bits per heavy atom. The average Bonchev–Trinajstić information content (AvgIpc) is 3.49. The summed E-state index contributed by atoms with van der Waals surface area (Å²) in [5, 5.41) is 8.05. The van der Waals surface area contributed by atoms with Gasteiger partial charge in [0.2, 0.25) is 5.91 Å². The lowest BCUT2D eigenvalue weighted by Crippen LogP contribution is -2.67. The van der Waals surface area contributed by atoms with Gasteiger partial charge in [-0.25, -0.2) is 0 Å². The smallest absolute Gasteiger partial charge is 0.273 e. The second kappa shape index (κ2) is 9.70. The van der Waals surface area contributed by atoms with Gasteiger partial charge in [0.1, 0.15) is 11.2 Å². The van der Waals surface area contributed by atoms with Crippen molar-refractivity contribution in [2.24, 2.45) is 0 Å². The van der Waals surface area contributed by atoms with Gasteiger partial charge >= 0.3 is 0 Å². The Hall–Kier alpha value is -2.63. The summed E-state index contributed by atoms with van der Waals surface area (Å²) in [5.74, 6) is -0.128. The number of benzene rings is 1. The van der Waals surface area contributed by atoms with Crippen LogP contribution in [-0.4, -0.2) is 44.1 Å². The lowest BCUT2D eigenvalue weighted by molar-refractivity contribution is -0.135. The van der Waals surface area contributed by atoms with E-state index in [0.29, 0.717) is 12.2 Å². The van der Waals surface area contributed by atoms with Crippen molar-refractivity contribution in [3.05, 3.63) is 41.6 Å². The summed E-state index contributed by atoms with van der Waals surface area (Å²) in [6, 6.07) is 10.5. The molecule has 1 aliphatic heterocycles. The lowest BCUT2D eigenvalue weighted by atomic mass is 9.91. The van der Waals surface area contributed by atoms with Crippen molar-refractivity contribution < 1.29 is 9.59 Å². The van der Waals surface area contributed by atoms with Crippen LogP contribution in [0.4, 0.5) is 0 Å². The Kier molecular flexibility index (Phi) is 6.91. The first-order valence-electron chi connectivity index (χ1n) is 12.7. The topological polar surface area (TPSA) is 67.2 Å². The number of carbonyl (C=O) groups is 2. The second-order valence-corrected chi connectivity index (χ2v) is 9.88. The Morgan fingerprint density at radius 1 is 1.18 bits per heavy atom. The van der Waals surface area contributed by atoms with Gasteiger partial charge in [0.25, 0.3) is 5.91 Å². The molecule has 1 fully saturated rings. The zero-order chi connectivity index (χ0) is 23.6. The SMILES string of the molecule is CCCC(CC)NC(=O)C1(C)Cn2nc(-c3ccc(CC)cc3)cc2C(=O)N1C1CCCC1. The summed E-state index contributed by atoms with van der Waals surface area (Å²) >= 11 is 0. The number of nitrogens with zero attached hydrogens (tertiary/aromatic N) is 3. The van der Waals surface area contributed by atoms with E-state index in [-0.39, 0.29) is 23.9 Å². The molecule has 1 saturated carbocycles. The Balaban J connectivity index is 1.70. The highest BCUT2D eigenvalue weighted by atomic mass is 16.2. The van der Waals surface area contributed by atoms with Gasteiger partial charge in [-0.05, 0) is 50.7 Å². The van der Waals surface area contributed by atoms with Crippen molar-refractivity contribution >= 4 is 11.8 Å². The zero-order valence-electron chi connectivity index (χ0n) is 20.6. The minimum atomic E-state index is -0.949. The molecule has 2 heterocycles. The van der Waals surface area contributed by atoms with Gasteiger partial charge in [0.05, 0.1) is 12.2 Å². The zero-order valence-corrected chi connectivity index (χ0v) is 20.6. The summed E-state index contributed by atoms with van der Waals surface area (Å²) in [6.07, 6.45) is 7.96. The Labute approximate surface area is 197 Å². The van der Waals surface area contributed by atoms with Crippen LogP contribution in [0.5, 0.6) is 0 Å². The number of hydrogen-bond acceptors (Lipinski definition) is 3. The van der Waals surface area contributed by atoms with Crippen molar-refractivity contribution in [1.82, 2.24) is 20.0 Å². The van der Waals surface area contributed by atoms with E-state index in [0.717, 1.165) is 62.6 Å². The van der Waals surface area contributed by atoms with Gasteiger partial charge in [-0.2, -0.15) is 5.10 Å². The molecule has 1 aromatic carbocycles. The van der Waals surface area contributed by atoms with Crippen LogP contribution in [0.3, 0.4) is 0 Å². The molecule has 33 heavy (non-hydrogen) atoms. The fraction of sp³-hybridized carbons (Fsp3) is 0.593. The molecule has 0 bridgehead atoms. The number of nitrogens with one attached hydrogen (secondary N) is 1. The molecule has 6 nitrogen and oxygen atoms in total. The van der Waals surface area contributed by atoms with Crippen LogP contribution < -0.4 is 5.32 Å². The van der Waals surface area contributed by atoms with Crippen molar-refractivity contribution in [2.75, 3.05) is 0 Å². The molecule has 2 unspecified atom stereocenters. The van der Waals surface area contributed by atoms with Gasteiger partial charge in [-0.3, -0.25) is 14.3 Å². The van der Waals surface area contributed by atoms with E-state index < -0.39 is 5.54 Å². The van der Waals surface area contributed by atoms with Crippen LogP contribution in [-0.2, 0) is 17.8 Å². The van der Waals surface area contributed by atoms with Gasteiger partial charge in [-0.1, -0.05) is 64.3 Å². The molecular formula is C27H38N4O2. The molecule has 1 aromatic heterocycles. The van der Waals surface area contributed by atoms with E-state index in [2.05, 4.69) is 50.4 Å². The third kappa shape index (κ3) is 4.44. The molecule has 2 aliphatic rings. The standard InChI is InChI=1S/C27H38N4O2/c1-5-10-21(7-3)28-26(33)27(4)18-30-24(25(32)31(27)22-11-8-9-12-22)17-23(29-30)20-15-13-19(6-2)14-16-20/h13-17,21-22H,5-12,18H2,1-4H3,(H,28,33). The summed E-state index contributed by atoms with van der Waals surface area (Å²) in [6.45, 7) is 8.68. The van der Waals surface area contributed by atoms with Gasteiger partial charge in [0.15, 0.2) is 0 Å². The van der Waals surface area contributed by atoms with Crippen LogP contribution in [0, 0.1) is 0 Å². The first-order chi connectivity index (χ1) is 15.9. The summed E-state index contributed by atoms with van der Waals surface area (Å²) in [7, 11) is 0. The highest BCUT2D eigenvalue weighted by Gasteiger charge is 2.51. The minimum absolute atomic E-state index is 0.0574. The third-order valence-corrected chi connectivity index (χ3v) is 7.51. The molecule has 6 heteroatoms. The third-order valence-electron chi connectivity index (χ3n) is 7.51. The van der Waals surface area contributed by atoms with E-state index in [1.165, 1.54) is 5.56 Å². The largest absolute Gasteiger partial charge is 0.351 e. The van der Waals surface area contributed by atoms with Crippen LogP contribution in [0.1, 0.15) is 88.7 Å². The quantitative estimate of drug-likeness (QED) is 0.618. The summed E-state index contributed by atoms with van der Waals surface area (Å²) in [4.78, 5) is 29.4. The van der Waals surface area contributed by atoms with E-state index in [9.17, 15) is 9.59 Å². The molecule has 2 amide bonds. The molecular weight excluding hydrogens is 412 g/mol. The second-order valence-electron chi connectivity index (χ2n) is 9.88. The van der Waals surface area contributed by atoms with Crippen LogP contribution in [0.15, 0.2) is 30.3 Å². The van der Waals surface area contributed by atoms with E-state index in [4.69, 9.17) is 5.10 Å². The maximum atomic E-state index is 13.8. The first kappa shape index (κ1) is 23.5. The first-order valence-corrected chi connectivity index (χ1v) is 12.7. The number of rotatable bonds is 8. The lowest BCUT2D eigenvalue weighted by Gasteiger charge is -2.46. The fourth-order valence-electron chi connectivity index (χ4n) is 5.46. The molecule has 2 atom stereocenters. The number of aromatic nitrogens is 2. The molecule has 0 saturated heterocycles. The number of hydrogen-bond donors (Lipinski definition) is 1. The molecule has 4 rings (SSSR count). The number of amides is 2. The molecule has 178 valence electrons. The van der Waals surface area contributed by atoms with E-state index >= 15 is 0 Å². The summed E-state index contributed by atoms with van der Waals surface area (Å²) in [5.41, 5.74) is 2.69. The maximum Gasteiger partial charge on any atom is 0.273 e. The minimum Gasteiger partial charge on any atom is -0.351 e. The van der Waals surface area contributed by atoms with E-state index in [1.54, 1.807) is 4.68 Å². The summed E-state index contributed by atoms with van der Waals surface area (Å²) < 4.78 is 1.76. The highest BCUT2D eigenvalue weighted by molar-refractivity contribution is 6.00. The molecule has 0 spiro atoms.